The molecule has 1 unspecified atom stereocenters. The van der Waals surface area contributed by atoms with Gasteiger partial charge in [-0.2, -0.15) is 26.3 Å². The van der Waals surface area contributed by atoms with Crippen molar-refractivity contribution < 1.29 is 45.3 Å². The number of hydrogen-bond donors (Lipinski definition) is 0. The SMILES string of the molecule is CC(OCCC1CCCCC1)OC(C1=CC=C(OC(=O)C(C)C)CC1)(C(F)(F)F)C(F)(F)F. The number of carbonyl (C=O) groups excluding carboxylic acids is 1. The van der Waals surface area contributed by atoms with Crippen LogP contribution in [-0.4, -0.2) is 36.8 Å². The minimum Gasteiger partial charge on any atom is -0.431 e. The van der Waals surface area contributed by atoms with Crippen LogP contribution in [0.2, 0.25) is 0 Å². The van der Waals surface area contributed by atoms with Crippen molar-refractivity contribution in [2.45, 2.75) is 96.4 Å². The van der Waals surface area contributed by atoms with Crippen LogP contribution in [0.15, 0.2) is 23.5 Å². The fourth-order valence-corrected chi connectivity index (χ4v) is 4.14. The van der Waals surface area contributed by atoms with E-state index < -0.39 is 48.1 Å². The molecule has 10 heteroatoms. The molecule has 1 fully saturated rings. The van der Waals surface area contributed by atoms with E-state index >= 15 is 0 Å². The number of allylic oxidation sites excluding steroid dienone is 3. The molecule has 190 valence electrons. The molecule has 1 atom stereocenters. The van der Waals surface area contributed by atoms with Gasteiger partial charge in [-0.25, -0.2) is 0 Å². The van der Waals surface area contributed by atoms with Crippen molar-refractivity contribution >= 4 is 5.97 Å². The van der Waals surface area contributed by atoms with Gasteiger partial charge >= 0.3 is 18.3 Å². The number of alkyl halides is 6. The van der Waals surface area contributed by atoms with E-state index in [0.717, 1.165) is 45.1 Å². The van der Waals surface area contributed by atoms with Crippen LogP contribution in [0, 0.1) is 11.8 Å². The summed E-state index contributed by atoms with van der Waals surface area (Å²) >= 11 is 0. The molecule has 2 rings (SSSR count). The number of halogens is 6. The number of hydrogen-bond acceptors (Lipinski definition) is 4. The topological polar surface area (TPSA) is 44.8 Å². The third kappa shape index (κ3) is 6.97. The van der Waals surface area contributed by atoms with Crippen LogP contribution in [0.25, 0.3) is 0 Å². The third-order valence-corrected chi connectivity index (χ3v) is 6.01. The average Bonchev–Trinajstić information content (AvgIpc) is 2.71. The molecule has 33 heavy (non-hydrogen) atoms. The highest BCUT2D eigenvalue weighted by atomic mass is 19.4. The molecule has 0 saturated heterocycles. The fourth-order valence-electron chi connectivity index (χ4n) is 4.14. The van der Waals surface area contributed by atoms with Gasteiger partial charge in [0, 0.05) is 13.0 Å². The molecule has 0 amide bonds. The Morgan fingerprint density at radius 1 is 0.970 bits per heavy atom. The summed E-state index contributed by atoms with van der Waals surface area (Å²) in [5.41, 5.74) is -5.52. The molecule has 0 N–H and O–H groups in total. The van der Waals surface area contributed by atoms with E-state index in [1.807, 2.05) is 0 Å². The zero-order chi connectivity index (χ0) is 24.9. The first kappa shape index (κ1) is 27.7. The van der Waals surface area contributed by atoms with Crippen molar-refractivity contribution in [3.05, 3.63) is 23.5 Å². The summed E-state index contributed by atoms with van der Waals surface area (Å²) < 4.78 is 98.9. The molecule has 4 nitrogen and oxygen atoms in total. The summed E-state index contributed by atoms with van der Waals surface area (Å²) in [6, 6.07) is 0. The van der Waals surface area contributed by atoms with Gasteiger partial charge in [-0.15, -0.1) is 0 Å². The first-order valence-electron chi connectivity index (χ1n) is 11.3. The van der Waals surface area contributed by atoms with Gasteiger partial charge in [0.05, 0.1) is 5.92 Å². The Hall–Kier alpha value is -1.55. The molecular weight excluding hydrogens is 454 g/mol. The van der Waals surface area contributed by atoms with Crippen LogP contribution in [0.1, 0.15) is 72.1 Å². The molecule has 2 aliphatic carbocycles. The van der Waals surface area contributed by atoms with Crippen molar-refractivity contribution in [3.63, 3.8) is 0 Å². The van der Waals surface area contributed by atoms with Gasteiger partial charge in [0.2, 0.25) is 0 Å². The minimum absolute atomic E-state index is 0.00693. The monoisotopic (exact) mass is 486 g/mol. The molecule has 0 heterocycles. The molecule has 2 aliphatic rings. The van der Waals surface area contributed by atoms with E-state index in [-0.39, 0.29) is 18.8 Å². The standard InChI is InChI=1S/C23H32F6O4/c1-15(2)20(30)32-19-11-9-18(10-12-19)21(22(24,25)26,23(27,28)29)33-16(3)31-14-13-17-7-5-4-6-8-17/h9,11,15-17H,4-8,10,12-14H2,1-3H3. The highest BCUT2D eigenvalue weighted by Crippen LogP contribution is 2.53. The molecule has 0 aromatic carbocycles. The summed E-state index contributed by atoms with van der Waals surface area (Å²) in [5, 5.41) is 0. The maximum absolute atomic E-state index is 14.0. The van der Waals surface area contributed by atoms with E-state index in [1.54, 1.807) is 13.8 Å². The molecule has 0 aromatic rings. The van der Waals surface area contributed by atoms with Gasteiger partial charge in [0.15, 0.2) is 6.29 Å². The van der Waals surface area contributed by atoms with Crippen LogP contribution in [-0.2, 0) is 19.0 Å². The van der Waals surface area contributed by atoms with Gasteiger partial charge in [0.25, 0.3) is 5.60 Å². The number of carbonyl (C=O) groups is 1. The molecule has 0 spiro atoms. The van der Waals surface area contributed by atoms with Crippen LogP contribution < -0.4 is 0 Å². The molecule has 0 aromatic heterocycles. The van der Waals surface area contributed by atoms with Crippen molar-refractivity contribution in [1.82, 2.24) is 0 Å². The summed E-state index contributed by atoms with van der Waals surface area (Å²) in [7, 11) is 0. The lowest BCUT2D eigenvalue weighted by Crippen LogP contribution is -2.61. The normalized spacial score (nSPS) is 19.8. The zero-order valence-corrected chi connectivity index (χ0v) is 19.2. The number of ether oxygens (including phenoxy) is 3. The highest BCUT2D eigenvalue weighted by Gasteiger charge is 2.74. The summed E-state index contributed by atoms with van der Waals surface area (Å²) in [6.45, 7) is 4.19. The molecule has 1 saturated carbocycles. The minimum atomic E-state index is -5.78. The summed E-state index contributed by atoms with van der Waals surface area (Å²) in [4.78, 5) is 11.7. The quantitative estimate of drug-likeness (QED) is 0.200. The van der Waals surface area contributed by atoms with E-state index in [2.05, 4.69) is 4.74 Å². The second kappa shape index (κ2) is 11.3. The predicted octanol–water partition coefficient (Wildman–Crippen LogP) is 7.00. The first-order chi connectivity index (χ1) is 15.3. The lowest BCUT2D eigenvalue weighted by Gasteiger charge is -2.41. The first-order valence-corrected chi connectivity index (χ1v) is 11.3. The zero-order valence-electron chi connectivity index (χ0n) is 19.2. The second-order valence-corrected chi connectivity index (χ2v) is 8.93. The lowest BCUT2D eigenvalue weighted by molar-refractivity contribution is -0.393. The smallest absolute Gasteiger partial charge is 0.430 e. The maximum Gasteiger partial charge on any atom is 0.430 e. The Balaban J connectivity index is 2.20. The maximum atomic E-state index is 14.0. The van der Waals surface area contributed by atoms with E-state index in [9.17, 15) is 31.1 Å². The Bertz CT molecular complexity index is 703. The Morgan fingerprint density at radius 2 is 1.58 bits per heavy atom. The van der Waals surface area contributed by atoms with Crippen molar-refractivity contribution in [1.29, 1.82) is 0 Å². The average molecular weight is 486 g/mol. The second-order valence-electron chi connectivity index (χ2n) is 8.93. The van der Waals surface area contributed by atoms with Crippen LogP contribution in [0.4, 0.5) is 26.3 Å². The third-order valence-electron chi connectivity index (χ3n) is 6.01. The van der Waals surface area contributed by atoms with Gasteiger partial charge in [0.1, 0.15) is 5.76 Å². The van der Waals surface area contributed by atoms with Crippen molar-refractivity contribution in [2.24, 2.45) is 11.8 Å². The Morgan fingerprint density at radius 3 is 2.06 bits per heavy atom. The van der Waals surface area contributed by atoms with Crippen LogP contribution >= 0.6 is 0 Å². The van der Waals surface area contributed by atoms with Gasteiger partial charge in [-0.05, 0) is 37.3 Å². The van der Waals surface area contributed by atoms with E-state index in [1.165, 1.54) is 0 Å². The largest absolute Gasteiger partial charge is 0.431 e. The van der Waals surface area contributed by atoms with Crippen molar-refractivity contribution in [3.8, 4) is 0 Å². The van der Waals surface area contributed by atoms with Crippen LogP contribution in [0.5, 0.6) is 0 Å². The summed E-state index contributed by atoms with van der Waals surface area (Å²) in [5.74, 6) is -0.741. The Labute approximate surface area is 190 Å². The number of esters is 1. The summed E-state index contributed by atoms with van der Waals surface area (Å²) in [6.07, 6.45) is -6.77. The van der Waals surface area contributed by atoms with Gasteiger partial charge in [-0.1, -0.05) is 52.0 Å². The van der Waals surface area contributed by atoms with Crippen molar-refractivity contribution in [2.75, 3.05) is 6.61 Å². The van der Waals surface area contributed by atoms with Gasteiger partial charge < -0.3 is 14.2 Å². The van der Waals surface area contributed by atoms with Gasteiger partial charge in [-0.3, -0.25) is 4.79 Å². The molecule has 0 radical (unpaired) electrons. The molecule has 0 bridgehead atoms. The molecule has 0 aliphatic heterocycles. The van der Waals surface area contributed by atoms with E-state index in [0.29, 0.717) is 18.4 Å². The van der Waals surface area contributed by atoms with Crippen LogP contribution in [0.3, 0.4) is 0 Å². The fraction of sp³-hybridized carbons (Fsp3) is 0.783. The Kier molecular flexibility index (Phi) is 9.44. The number of rotatable bonds is 9. The van der Waals surface area contributed by atoms with E-state index in [4.69, 9.17) is 9.47 Å². The molecular formula is C23H32F6O4. The lowest BCUT2D eigenvalue weighted by atomic mass is 9.85. The predicted molar refractivity (Wildman–Crippen MR) is 109 cm³/mol. The highest BCUT2D eigenvalue weighted by molar-refractivity contribution is 5.72.